The summed E-state index contributed by atoms with van der Waals surface area (Å²) in [6.07, 6.45) is 9.55. The summed E-state index contributed by atoms with van der Waals surface area (Å²) in [4.78, 5) is 12.6. The average Bonchev–Trinajstić information content (AvgIpc) is 2.70. The lowest BCUT2D eigenvalue weighted by atomic mass is 9.79. The third-order valence-electron chi connectivity index (χ3n) is 5.03. The minimum absolute atomic E-state index is 0.0357. The van der Waals surface area contributed by atoms with Crippen LogP contribution in [0.1, 0.15) is 65.2 Å². The van der Waals surface area contributed by atoms with Gasteiger partial charge in [0.05, 0.1) is 0 Å². The Labute approximate surface area is 119 Å². The first-order chi connectivity index (χ1) is 8.49. The summed E-state index contributed by atoms with van der Waals surface area (Å²) in [7, 11) is 0. The van der Waals surface area contributed by atoms with Crippen molar-refractivity contribution >= 4 is 21.8 Å². The van der Waals surface area contributed by atoms with Crippen LogP contribution in [-0.2, 0) is 4.79 Å². The molecule has 0 aliphatic heterocycles. The fraction of sp³-hybridized carbons (Fsp3) is 0.933. The molecular formula is C15H26BrNO. The Bertz CT molecular complexity index is 308. The van der Waals surface area contributed by atoms with Gasteiger partial charge in [0.2, 0.25) is 5.91 Å². The molecule has 2 aliphatic carbocycles. The van der Waals surface area contributed by atoms with Crippen molar-refractivity contribution in [1.82, 2.24) is 5.32 Å². The SMILES string of the molecule is CC1(C)CCCC1C(=O)NC1(CBr)CCCCC1. The summed E-state index contributed by atoms with van der Waals surface area (Å²) in [6.45, 7) is 4.48. The standard InChI is InChI=1S/C15H26BrNO/c1-14(2)8-6-7-12(14)13(18)17-15(11-16)9-4-3-5-10-15/h12H,3-11H2,1-2H3,(H,17,18). The van der Waals surface area contributed by atoms with E-state index in [9.17, 15) is 4.79 Å². The number of amides is 1. The minimum Gasteiger partial charge on any atom is -0.350 e. The van der Waals surface area contributed by atoms with Crippen molar-refractivity contribution in [2.75, 3.05) is 5.33 Å². The third kappa shape index (κ3) is 2.92. The van der Waals surface area contributed by atoms with Crippen LogP contribution >= 0.6 is 15.9 Å². The zero-order valence-electron chi connectivity index (χ0n) is 11.7. The van der Waals surface area contributed by atoms with Gasteiger partial charge in [0.1, 0.15) is 0 Å². The van der Waals surface area contributed by atoms with Crippen LogP contribution in [-0.4, -0.2) is 16.8 Å². The molecular weight excluding hydrogens is 290 g/mol. The van der Waals surface area contributed by atoms with Crippen molar-refractivity contribution in [2.24, 2.45) is 11.3 Å². The fourth-order valence-electron chi connectivity index (χ4n) is 3.68. The molecule has 1 N–H and O–H groups in total. The van der Waals surface area contributed by atoms with E-state index >= 15 is 0 Å². The van der Waals surface area contributed by atoms with Gasteiger partial charge in [0.25, 0.3) is 0 Å². The molecule has 18 heavy (non-hydrogen) atoms. The van der Waals surface area contributed by atoms with E-state index in [4.69, 9.17) is 0 Å². The number of rotatable bonds is 3. The van der Waals surface area contributed by atoms with Crippen LogP contribution in [0.3, 0.4) is 0 Å². The summed E-state index contributed by atoms with van der Waals surface area (Å²) < 4.78 is 0. The predicted octanol–water partition coefficient (Wildman–Crippen LogP) is 4.03. The van der Waals surface area contributed by atoms with Crippen molar-refractivity contribution < 1.29 is 4.79 Å². The van der Waals surface area contributed by atoms with E-state index in [1.165, 1.54) is 32.1 Å². The highest BCUT2D eigenvalue weighted by molar-refractivity contribution is 9.09. The minimum atomic E-state index is 0.0357. The number of nitrogens with one attached hydrogen (secondary N) is 1. The molecule has 104 valence electrons. The lowest BCUT2D eigenvalue weighted by molar-refractivity contribution is -0.129. The van der Waals surface area contributed by atoms with Gasteiger partial charge in [-0.15, -0.1) is 0 Å². The maximum Gasteiger partial charge on any atom is 0.224 e. The van der Waals surface area contributed by atoms with Crippen LogP contribution in [0.15, 0.2) is 0 Å². The molecule has 1 atom stereocenters. The molecule has 3 heteroatoms. The van der Waals surface area contributed by atoms with E-state index in [0.29, 0.717) is 5.91 Å². The van der Waals surface area contributed by atoms with Crippen LogP contribution in [0.25, 0.3) is 0 Å². The van der Waals surface area contributed by atoms with E-state index in [-0.39, 0.29) is 16.9 Å². The van der Waals surface area contributed by atoms with Crippen LogP contribution < -0.4 is 5.32 Å². The second-order valence-electron chi connectivity index (χ2n) is 6.90. The molecule has 2 aliphatic rings. The number of hydrogen-bond donors (Lipinski definition) is 1. The molecule has 0 heterocycles. The van der Waals surface area contributed by atoms with E-state index in [1.54, 1.807) is 0 Å². The van der Waals surface area contributed by atoms with Gasteiger partial charge in [0, 0.05) is 16.8 Å². The van der Waals surface area contributed by atoms with Crippen molar-refractivity contribution in [1.29, 1.82) is 0 Å². The molecule has 0 spiro atoms. The van der Waals surface area contributed by atoms with Crippen molar-refractivity contribution in [3.05, 3.63) is 0 Å². The first-order valence-electron chi connectivity index (χ1n) is 7.37. The van der Waals surface area contributed by atoms with Crippen LogP contribution in [0.5, 0.6) is 0 Å². The van der Waals surface area contributed by atoms with Gasteiger partial charge in [0.15, 0.2) is 0 Å². The number of carbonyl (C=O) groups excluding carboxylic acids is 1. The molecule has 1 unspecified atom stereocenters. The Kier molecular flexibility index (Phi) is 4.40. The first kappa shape index (κ1) is 14.4. The molecule has 0 aromatic carbocycles. The van der Waals surface area contributed by atoms with Crippen LogP contribution in [0.2, 0.25) is 0 Å². The van der Waals surface area contributed by atoms with Gasteiger partial charge in [-0.1, -0.05) is 55.5 Å². The second kappa shape index (κ2) is 5.52. The second-order valence-corrected chi connectivity index (χ2v) is 7.46. The van der Waals surface area contributed by atoms with Crippen LogP contribution in [0.4, 0.5) is 0 Å². The normalized spacial score (nSPS) is 30.1. The zero-order chi connectivity index (χ0) is 13.2. The molecule has 2 nitrogen and oxygen atoms in total. The Morgan fingerprint density at radius 2 is 1.83 bits per heavy atom. The van der Waals surface area contributed by atoms with Crippen molar-refractivity contribution in [3.63, 3.8) is 0 Å². The number of halogens is 1. The Morgan fingerprint density at radius 1 is 1.17 bits per heavy atom. The molecule has 0 bridgehead atoms. The molecule has 0 radical (unpaired) electrons. The predicted molar refractivity (Wildman–Crippen MR) is 78.9 cm³/mol. The Hall–Kier alpha value is -0.0500. The van der Waals surface area contributed by atoms with Crippen LogP contribution in [0, 0.1) is 11.3 Å². The number of alkyl halides is 1. The van der Waals surface area contributed by atoms with Crippen molar-refractivity contribution in [2.45, 2.75) is 70.8 Å². The summed E-state index contributed by atoms with van der Waals surface area (Å²) in [5.41, 5.74) is 0.222. The third-order valence-corrected chi connectivity index (χ3v) is 6.10. The molecule has 1 amide bonds. The summed E-state index contributed by atoms with van der Waals surface area (Å²) >= 11 is 3.62. The fourth-order valence-corrected chi connectivity index (χ4v) is 4.38. The molecule has 2 saturated carbocycles. The largest absolute Gasteiger partial charge is 0.350 e. The number of hydrogen-bond acceptors (Lipinski definition) is 1. The summed E-state index contributed by atoms with van der Waals surface area (Å²) in [5.74, 6) is 0.522. The molecule has 0 aromatic rings. The maximum absolute atomic E-state index is 12.6. The monoisotopic (exact) mass is 315 g/mol. The van der Waals surface area contributed by atoms with Gasteiger partial charge in [-0.25, -0.2) is 0 Å². The van der Waals surface area contributed by atoms with E-state index in [0.717, 1.165) is 24.6 Å². The first-order valence-corrected chi connectivity index (χ1v) is 8.49. The van der Waals surface area contributed by atoms with Gasteiger partial charge in [-0.3, -0.25) is 4.79 Å². The average molecular weight is 316 g/mol. The van der Waals surface area contributed by atoms with Gasteiger partial charge in [-0.2, -0.15) is 0 Å². The topological polar surface area (TPSA) is 29.1 Å². The van der Waals surface area contributed by atoms with Gasteiger partial charge < -0.3 is 5.32 Å². The van der Waals surface area contributed by atoms with E-state index in [1.807, 2.05) is 0 Å². The Morgan fingerprint density at radius 3 is 2.33 bits per heavy atom. The lowest BCUT2D eigenvalue weighted by Gasteiger charge is -2.39. The van der Waals surface area contributed by atoms with Gasteiger partial charge >= 0.3 is 0 Å². The van der Waals surface area contributed by atoms with Gasteiger partial charge in [-0.05, 0) is 31.1 Å². The molecule has 0 saturated heterocycles. The highest BCUT2D eigenvalue weighted by Crippen LogP contribution is 2.43. The zero-order valence-corrected chi connectivity index (χ0v) is 13.3. The number of carbonyl (C=O) groups is 1. The highest BCUT2D eigenvalue weighted by atomic mass is 79.9. The lowest BCUT2D eigenvalue weighted by Crippen LogP contribution is -2.54. The summed E-state index contributed by atoms with van der Waals surface area (Å²) in [5, 5.41) is 4.30. The smallest absolute Gasteiger partial charge is 0.224 e. The highest BCUT2D eigenvalue weighted by Gasteiger charge is 2.42. The quantitative estimate of drug-likeness (QED) is 0.783. The Balaban J connectivity index is 2.01. The molecule has 2 fully saturated rings. The maximum atomic E-state index is 12.6. The van der Waals surface area contributed by atoms with E-state index in [2.05, 4.69) is 35.1 Å². The van der Waals surface area contributed by atoms with Crippen molar-refractivity contribution in [3.8, 4) is 0 Å². The summed E-state index contributed by atoms with van der Waals surface area (Å²) in [6, 6.07) is 0. The molecule has 0 aromatic heterocycles. The molecule has 2 rings (SSSR count). The van der Waals surface area contributed by atoms with E-state index < -0.39 is 0 Å².